The number of allylic oxidation sites excluding steroid dienone is 1. The first-order chi connectivity index (χ1) is 15.2. The van der Waals surface area contributed by atoms with Gasteiger partial charge >= 0.3 is 0 Å². The second-order valence-electron chi connectivity index (χ2n) is 6.67. The zero-order valence-corrected chi connectivity index (χ0v) is 19.2. The van der Waals surface area contributed by atoms with E-state index in [9.17, 15) is 0 Å². The number of hydrogen-bond acceptors (Lipinski definition) is 3. The maximum atomic E-state index is 4.49. The van der Waals surface area contributed by atoms with E-state index in [2.05, 4.69) is 87.7 Å². The lowest BCUT2D eigenvalue weighted by molar-refractivity contribution is 1.19. The fourth-order valence-electron chi connectivity index (χ4n) is 3.14. The van der Waals surface area contributed by atoms with Gasteiger partial charge in [0.1, 0.15) is 5.84 Å². The second-order valence-corrected chi connectivity index (χ2v) is 6.67. The Bertz CT molecular complexity index is 991. The molecule has 0 aromatic heterocycles. The molecule has 4 heteroatoms. The Balaban J connectivity index is 0.00000166. The van der Waals surface area contributed by atoms with Gasteiger partial charge in [-0.3, -0.25) is 4.99 Å². The minimum absolute atomic E-state index is 0.813. The van der Waals surface area contributed by atoms with Crippen molar-refractivity contribution in [1.82, 2.24) is 5.32 Å². The number of rotatable bonds is 7. The number of nitrogens with zero attached hydrogens (tertiary/aromatic N) is 1. The summed E-state index contributed by atoms with van der Waals surface area (Å²) in [4.78, 5) is 4.49. The molecule has 3 rings (SSSR count). The summed E-state index contributed by atoms with van der Waals surface area (Å²) in [5.74, 6) is 0.843. The van der Waals surface area contributed by atoms with E-state index in [0.29, 0.717) is 0 Å². The van der Waals surface area contributed by atoms with E-state index in [1.165, 1.54) is 5.56 Å². The molecule has 4 nitrogen and oxygen atoms in total. The molecule has 0 fully saturated rings. The van der Waals surface area contributed by atoms with Crippen LogP contribution in [0.3, 0.4) is 0 Å². The summed E-state index contributed by atoms with van der Waals surface area (Å²) < 4.78 is 0. The molecule has 31 heavy (non-hydrogen) atoms. The lowest BCUT2D eigenvalue weighted by Gasteiger charge is -2.15. The Morgan fingerprint density at radius 3 is 2.03 bits per heavy atom. The van der Waals surface area contributed by atoms with Gasteiger partial charge < -0.3 is 16.0 Å². The summed E-state index contributed by atoms with van der Waals surface area (Å²) in [7, 11) is 5.68. The topological polar surface area (TPSA) is 48.5 Å². The Hall–Kier alpha value is -3.53. The van der Waals surface area contributed by atoms with Gasteiger partial charge in [0.15, 0.2) is 0 Å². The minimum Gasteiger partial charge on any atom is -0.388 e. The molecular weight excluding hydrogens is 380 g/mol. The maximum Gasteiger partial charge on any atom is 0.132 e. The van der Waals surface area contributed by atoms with E-state index >= 15 is 0 Å². The van der Waals surface area contributed by atoms with E-state index in [1.807, 2.05) is 53.2 Å². The lowest BCUT2D eigenvalue weighted by atomic mass is 10.1. The number of amidine groups is 1. The van der Waals surface area contributed by atoms with Crippen LogP contribution in [0.25, 0.3) is 5.70 Å². The average Bonchev–Trinajstić information content (AvgIpc) is 2.86. The van der Waals surface area contributed by atoms with Gasteiger partial charge in [0.05, 0.1) is 0 Å². The van der Waals surface area contributed by atoms with Crippen molar-refractivity contribution in [2.45, 2.75) is 20.3 Å². The molecule has 0 aliphatic heterocycles. The fraction of sp³-hybridized carbons (Fsp3) is 0.222. The number of anilines is 2. The molecule has 0 amide bonds. The van der Waals surface area contributed by atoms with Crippen LogP contribution >= 0.6 is 0 Å². The molecule has 162 valence electrons. The van der Waals surface area contributed by atoms with E-state index in [0.717, 1.165) is 40.5 Å². The van der Waals surface area contributed by atoms with Crippen molar-refractivity contribution in [3.8, 4) is 0 Å². The van der Waals surface area contributed by atoms with Gasteiger partial charge in [0.25, 0.3) is 0 Å². The summed E-state index contributed by atoms with van der Waals surface area (Å²) in [5.41, 5.74) is 6.63. The first-order valence-electron chi connectivity index (χ1n) is 10.8. The molecule has 0 unspecified atom stereocenters. The zero-order valence-electron chi connectivity index (χ0n) is 19.2. The average molecular weight is 415 g/mol. The van der Waals surface area contributed by atoms with E-state index in [1.54, 1.807) is 0 Å². The highest BCUT2D eigenvalue weighted by molar-refractivity contribution is 6.03. The quantitative estimate of drug-likeness (QED) is 0.326. The lowest BCUT2D eigenvalue weighted by Crippen LogP contribution is -2.23. The molecule has 3 aromatic carbocycles. The molecular formula is C27H34N4. The standard InChI is InChI=1S/C25H28N4.C2H6/c1-26-22-13-7-9-19(17-22)15-16-24(21-12-8-14-23(18-21)27-2)29-25(28-3)20-10-5-4-6-11-20;1-2/h4-14,16-18,26-27H,15H2,1-3H3,(H,28,29);1-2H3/b24-16-;. The van der Waals surface area contributed by atoms with Crippen molar-refractivity contribution in [2.24, 2.45) is 4.99 Å². The van der Waals surface area contributed by atoms with Crippen molar-refractivity contribution in [1.29, 1.82) is 0 Å². The SMILES string of the molecule is CC.CN=C(N/C(=C\Cc1cccc(NC)c1)c1cccc(NC)c1)c1ccccc1. The van der Waals surface area contributed by atoms with E-state index < -0.39 is 0 Å². The summed E-state index contributed by atoms with van der Waals surface area (Å²) >= 11 is 0. The van der Waals surface area contributed by atoms with Gasteiger partial charge in [0, 0.05) is 43.8 Å². The third-order valence-corrected chi connectivity index (χ3v) is 4.74. The third-order valence-electron chi connectivity index (χ3n) is 4.74. The largest absolute Gasteiger partial charge is 0.388 e. The fourth-order valence-corrected chi connectivity index (χ4v) is 3.14. The molecule has 3 aromatic rings. The molecule has 0 radical (unpaired) electrons. The normalized spacial score (nSPS) is 11.3. The highest BCUT2D eigenvalue weighted by Gasteiger charge is 2.08. The number of nitrogens with one attached hydrogen (secondary N) is 3. The highest BCUT2D eigenvalue weighted by Crippen LogP contribution is 2.19. The van der Waals surface area contributed by atoms with Gasteiger partial charge in [-0.05, 0) is 41.8 Å². The number of hydrogen-bond donors (Lipinski definition) is 3. The minimum atomic E-state index is 0.813. The molecule has 0 saturated heterocycles. The van der Waals surface area contributed by atoms with Crippen molar-refractivity contribution in [2.75, 3.05) is 31.8 Å². The predicted octanol–water partition coefficient (Wildman–Crippen LogP) is 6.05. The van der Waals surface area contributed by atoms with E-state index in [4.69, 9.17) is 0 Å². The van der Waals surface area contributed by atoms with Crippen LogP contribution < -0.4 is 16.0 Å². The molecule has 0 heterocycles. The smallest absolute Gasteiger partial charge is 0.132 e. The number of benzene rings is 3. The van der Waals surface area contributed by atoms with Crippen LogP contribution in [0.4, 0.5) is 11.4 Å². The Morgan fingerprint density at radius 1 is 0.774 bits per heavy atom. The number of aliphatic imine (C=N–C) groups is 1. The molecule has 0 aliphatic rings. The summed E-state index contributed by atoms with van der Waals surface area (Å²) in [5, 5.41) is 9.97. The third kappa shape index (κ3) is 7.03. The van der Waals surface area contributed by atoms with Crippen molar-refractivity contribution < 1.29 is 0 Å². The molecule has 0 spiro atoms. The van der Waals surface area contributed by atoms with Crippen LogP contribution in [-0.2, 0) is 6.42 Å². The van der Waals surface area contributed by atoms with E-state index in [-0.39, 0.29) is 0 Å². The van der Waals surface area contributed by atoms with Crippen LogP contribution in [0, 0.1) is 0 Å². The van der Waals surface area contributed by atoms with Crippen LogP contribution in [0.2, 0.25) is 0 Å². The monoisotopic (exact) mass is 414 g/mol. The Kier molecular flexibility index (Phi) is 9.89. The van der Waals surface area contributed by atoms with Crippen molar-refractivity contribution >= 4 is 22.9 Å². The van der Waals surface area contributed by atoms with Crippen LogP contribution in [-0.4, -0.2) is 27.0 Å². The van der Waals surface area contributed by atoms with Crippen LogP contribution in [0.1, 0.15) is 30.5 Å². The molecule has 0 aliphatic carbocycles. The molecule has 0 bridgehead atoms. The first kappa shape index (κ1) is 23.7. The van der Waals surface area contributed by atoms with Gasteiger partial charge in [-0.25, -0.2) is 0 Å². The van der Waals surface area contributed by atoms with Gasteiger partial charge in [0.2, 0.25) is 0 Å². The summed E-state index contributed by atoms with van der Waals surface area (Å²) in [6.45, 7) is 4.00. The second kappa shape index (κ2) is 12.9. The molecule has 0 saturated carbocycles. The molecule has 3 N–H and O–H groups in total. The van der Waals surface area contributed by atoms with Gasteiger partial charge in [-0.1, -0.05) is 74.5 Å². The highest BCUT2D eigenvalue weighted by atomic mass is 15.0. The predicted molar refractivity (Wildman–Crippen MR) is 137 cm³/mol. The first-order valence-corrected chi connectivity index (χ1v) is 10.8. The maximum absolute atomic E-state index is 4.49. The summed E-state index contributed by atoms with van der Waals surface area (Å²) in [6, 6.07) is 27.0. The van der Waals surface area contributed by atoms with Crippen LogP contribution in [0.15, 0.2) is 89.9 Å². The van der Waals surface area contributed by atoms with Crippen LogP contribution in [0.5, 0.6) is 0 Å². The van der Waals surface area contributed by atoms with Gasteiger partial charge in [-0.15, -0.1) is 0 Å². The Morgan fingerprint density at radius 2 is 1.39 bits per heavy atom. The van der Waals surface area contributed by atoms with Crippen molar-refractivity contribution in [3.63, 3.8) is 0 Å². The summed E-state index contributed by atoms with van der Waals surface area (Å²) in [6.07, 6.45) is 3.03. The zero-order chi connectivity index (χ0) is 22.5. The Labute approximate surface area is 187 Å². The van der Waals surface area contributed by atoms with Gasteiger partial charge in [-0.2, -0.15) is 0 Å². The molecule has 0 atom stereocenters. The van der Waals surface area contributed by atoms with Crippen molar-refractivity contribution in [3.05, 3.63) is 102 Å².